The van der Waals surface area contributed by atoms with Crippen molar-refractivity contribution in [2.75, 3.05) is 12.3 Å². The fourth-order valence-corrected chi connectivity index (χ4v) is 3.85. The fourth-order valence-electron chi connectivity index (χ4n) is 3.13. The Labute approximate surface area is 175 Å². The second-order valence-corrected chi connectivity index (χ2v) is 7.54. The highest BCUT2D eigenvalue weighted by atomic mass is 32.1. The number of aryl methyl sites for hydroxylation is 1. The van der Waals surface area contributed by atoms with Crippen LogP contribution in [0.1, 0.15) is 23.4 Å². The number of nitriles is 1. The first-order valence-electron chi connectivity index (χ1n) is 9.26. The molecule has 0 bridgehead atoms. The number of benzene rings is 1. The largest absolute Gasteiger partial charge is 0.382 e. The molecule has 152 valence electrons. The first-order chi connectivity index (χ1) is 14.5. The number of nitrogens with zero attached hydrogens (tertiary/aromatic N) is 5. The summed E-state index contributed by atoms with van der Waals surface area (Å²) in [6, 6.07) is 7.78. The Morgan fingerprint density at radius 3 is 2.87 bits per heavy atom. The molecule has 0 radical (unpaired) electrons. The molecular weight excluding hydrogens is 405 g/mol. The average molecular weight is 423 g/mol. The number of hydrogen-bond acceptors (Lipinski definition) is 6. The number of aromatic nitrogens is 4. The highest BCUT2D eigenvalue weighted by Crippen LogP contribution is 2.21. The van der Waals surface area contributed by atoms with E-state index in [0.29, 0.717) is 36.3 Å². The maximum absolute atomic E-state index is 13.1. The lowest BCUT2D eigenvalue weighted by Crippen LogP contribution is -2.26. The number of rotatable bonds is 7. The van der Waals surface area contributed by atoms with Gasteiger partial charge < -0.3 is 11.1 Å². The molecule has 30 heavy (non-hydrogen) atoms. The Balaban J connectivity index is 1.33. The molecule has 1 amide bonds. The second-order valence-electron chi connectivity index (χ2n) is 6.66. The van der Waals surface area contributed by atoms with Crippen LogP contribution in [0.4, 0.5) is 10.2 Å². The topological polar surface area (TPSA) is 114 Å². The van der Waals surface area contributed by atoms with Crippen LogP contribution in [0.2, 0.25) is 0 Å². The second kappa shape index (κ2) is 8.34. The van der Waals surface area contributed by atoms with Crippen LogP contribution in [-0.4, -0.2) is 31.6 Å². The normalized spacial score (nSPS) is 10.9. The molecule has 3 aromatic heterocycles. The molecule has 0 fully saturated rings. The molecule has 8 nitrogen and oxygen atoms in total. The lowest BCUT2D eigenvalue weighted by Gasteiger charge is -2.04. The summed E-state index contributed by atoms with van der Waals surface area (Å²) in [6.45, 7) is 0.440. The molecule has 0 saturated heterocycles. The van der Waals surface area contributed by atoms with Gasteiger partial charge in [0.1, 0.15) is 23.3 Å². The number of imidazole rings is 1. The monoisotopic (exact) mass is 423 g/mol. The summed E-state index contributed by atoms with van der Waals surface area (Å²) < 4.78 is 16.5. The molecule has 4 rings (SSSR count). The Morgan fingerprint density at radius 2 is 2.13 bits per heavy atom. The van der Waals surface area contributed by atoms with Crippen molar-refractivity contribution in [1.82, 2.24) is 24.5 Å². The van der Waals surface area contributed by atoms with Crippen LogP contribution in [0, 0.1) is 17.1 Å². The molecule has 0 spiro atoms. The molecule has 0 aliphatic carbocycles. The van der Waals surface area contributed by atoms with Gasteiger partial charge >= 0.3 is 0 Å². The summed E-state index contributed by atoms with van der Waals surface area (Å²) in [5.41, 5.74) is 8.19. The Morgan fingerprint density at radius 1 is 1.33 bits per heavy atom. The quantitative estimate of drug-likeness (QED) is 0.443. The van der Waals surface area contributed by atoms with E-state index in [9.17, 15) is 14.4 Å². The van der Waals surface area contributed by atoms with Crippen molar-refractivity contribution in [1.29, 1.82) is 5.26 Å². The van der Waals surface area contributed by atoms with E-state index in [0.717, 1.165) is 10.7 Å². The van der Waals surface area contributed by atoms with E-state index >= 15 is 0 Å². The van der Waals surface area contributed by atoms with Crippen LogP contribution in [0.5, 0.6) is 0 Å². The van der Waals surface area contributed by atoms with Crippen LogP contribution in [0.3, 0.4) is 0 Å². The molecule has 4 aromatic rings. The van der Waals surface area contributed by atoms with Gasteiger partial charge in [-0.25, -0.2) is 14.1 Å². The van der Waals surface area contributed by atoms with Crippen molar-refractivity contribution in [2.45, 2.75) is 19.3 Å². The van der Waals surface area contributed by atoms with E-state index in [-0.39, 0.29) is 24.0 Å². The van der Waals surface area contributed by atoms with Gasteiger partial charge in [0.25, 0.3) is 0 Å². The van der Waals surface area contributed by atoms with Crippen LogP contribution >= 0.6 is 11.3 Å². The van der Waals surface area contributed by atoms with Gasteiger partial charge in [-0.05, 0) is 37.1 Å². The number of halogens is 1. The van der Waals surface area contributed by atoms with E-state index < -0.39 is 0 Å². The third-order valence-corrected chi connectivity index (χ3v) is 5.34. The molecule has 0 aliphatic rings. The lowest BCUT2D eigenvalue weighted by atomic mass is 10.1. The van der Waals surface area contributed by atoms with Gasteiger partial charge in [-0.1, -0.05) is 0 Å². The zero-order chi connectivity index (χ0) is 21.1. The summed E-state index contributed by atoms with van der Waals surface area (Å²) in [5.74, 6) is -0.267. The lowest BCUT2D eigenvalue weighted by molar-refractivity contribution is -0.120. The number of anilines is 1. The molecule has 3 heterocycles. The van der Waals surface area contributed by atoms with Gasteiger partial charge in [0.2, 0.25) is 5.91 Å². The van der Waals surface area contributed by atoms with Gasteiger partial charge in [0, 0.05) is 24.3 Å². The molecule has 0 unspecified atom stereocenters. The van der Waals surface area contributed by atoms with Gasteiger partial charge in [-0.2, -0.15) is 10.4 Å². The van der Waals surface area contributed by atoms with Crippen molar-refractivity contribution in [3.05, 3.63) is 64.8 Å². The van der Waals surface area contributed by atoms with Crippen LogP contribution in [-0.2, 0) is 17.6 Å². The van der Waals surface area contributed by atoms with E-state index in [1.54, 1.807) is 12.1 Å². The Kier molecular flexibility index (Phi) is 5.45. The minimum atomic E-state index is -0.365. The fraction of sp³-hybridized carbons (Fsp3) is 0.200. The number of nitrogen functional groups attached to an aromatic ring is 1. The molecule has 0 aliphatic heterocycles. The Hall–Kier alpha value is -3.71. The molecular formula is C20H18FN7OS. The molecule has 3 N–H and O–H groups in total. The van der Waals surface area contributed by atoms with Gasteiger partial charge in [0.15, 0.2) is 4.96 Å². The van der Waals surface area contributed by atoms with Crippen molar-refractivity contribution in [3.8, 4) is 11.8 Å². The summed E-state index contributed by atoms with van der Waals surface area (Å²) in [4.78, 5) is 17.4. The summed E-state index contributed by atoms with van der Waals surface area (Å²) in [6.07, 6.45) is 5.03. The zero-order valence-corrected chi connectivity index (χ0v) is 16.7. The Bertz CT molecular complexity index is 1200. The van der Waals surface area contributed by atoms with Crippen molar-refractivity contribution >= 4 is 28.0 Å². The number of thiazole rings is 1. The summed E-state index contributed by atoms with van der Waals surface area (Å²) in [5, 5.41) is 18.6. The predicted molar refractivity (Wildman–Crippen MR) is 111 cm³/mol. The van der Waals surface area contributed by atoms with Crippen LogP contribution in [0.15, 0.2) is 42.0 Å². The van der Waals surface area contributed by atoms with Crippen molar-refractivity contribution in [2.24, 2.45) is 0 Å². The minimum absolute atomic E-state index is 0.113. The molecule has 10 heteroatoms. The summed E-state index contributed by atoms with van der Waals surface area (Å²) in [7, 11) is 0. The highest BCUT2D eigenvalue weighted by molar-refractivity contribution is 7.15. The van der Waals surface area contributed by atoms with E-state index in [1.165, 1.54) is 28.2 Å². The third kappa shape index (κ3) is 4.01. The van der Waals surface area contributed by atoms with Gasteiger partial charge in [-0.3, -0.25) is 9.20 Å². The molecule has 0 saturated carbocycles. The standard InChI is InChI=1S/C20H18FN7OS/c21-13-3-5-15(6-4-13)28-19(23)16(11-22)17(26-28)2-1-7-24-18(29)10-14-12-27-8-9-30-20(27)25-14/h3-6,8-9,12H,1-2,7,10,23H2,(H,24,29). The number of carbonyl (C=O) groups excluding carboxylic acids is 1. The number of hydrogen-bond donors (Lipinski definition) is 2. The van der Waals surface area contributed by atoms with Gasteiger partial charge in [0.05, 0.1) is 23.5 Å². The highest BCUT2D eigenvalue weighted by Gasteiger charge is 2.16. The average Bonchev–Trinajstić information content (AvgIpc) is 3.39. The smallest absolute Gasteiger partial charge is 0.226 e. The first kappa shape index (κ1) is 19.6. The number of fused-ring (bicyclic) bond motifs is 1. The summed E-state index contributed by atoms with van der Waals surface area (Å²) >= 11 is 1.52. The molecule has 1 aromatic carbocycles. The van der Waals surface area contributed by atoms with Crippen LogP contribution < -0.4 is 11.1 Å². The zero-order valence-electron chi connectivity index (χ0n) is 15.9. The van der Waals surface area contributed by atoms with Crippen molar-refractivity contribution < 1.29 is 9.18 Å². The van der Waals surface area contributed by atoms with Crippen molar-refractivity contribution in [3.63, 3.8) is 0 Å². The maximum Gasteiger partial charge on any atom is 0.226 e. The van der Waals surface area contributed by atoms with E-state index in [2.05, 4.69) is 21.5 Å². The SMILES string of the molecule is N#Cc1c(CCCNC(=O)Cc2cn3ccsc3n2)nn(-c2ccc(F)cc2)c1N. The van der Waals surface area contributed by atoms with Crippen LogP contribution in [0.25, 0.3) is 10.6 Å². The van der Waals surface area contributed by atoms with Gasteiger partial charge in [-0.15, -0.1) is 11.3 Å². The van der Waals surface area contributed by atoms with E-state index in [4.69, 9.17) is 5.73 Å². The number of nitrogens with one attached hydrogen (secondary N) is 1. The first-order valence-corrected chi connectivity index (χ1v) is 10.1. The minimum Gasteiger partial charge on any atom is -0.382 e. The maximum atomic E-state index is 13.1. The number of nitrogens with two attached hydrogens (primary N) is 1. The predicted octanol–water partition coefficient (Wildman–Crippen LogP) is 2.47. The molecule has 0 atom stereocenters. The van der Waals surface area contributed by atoms with E-state index in [1.807, 2.05) is 22.2 Å². The number of amides is 1. The third-order valence-electron chi connectivity index (χ3n) is 4.57. The number of carbonyl (C=O) groups is 1.